The molecule has 18 heavy (non-hydrogen) atoms. The first-order valence-electron chi connectivity index (χ1n) is 6.11. The molecule has 0 spiro atoms. The minimum Gasteiger partial charge on any atom is -0.493 e. The Bertz CT molecular complexity index is 376. The second-order valence-corrected chi connectivity index (χ2v) is 4.35. The third kappa shape index (κ3) is 5.08. The predicted octanol–water partition coefficient (Wildman–Crippen LogP) is 2.97. The highest BCUT2D eigenvalue weighted by atomic mass is 16.5. The van der Waals surface area contributed by atoms with E-state index in [0.29, 0.717) is 18.9 Å². The SMILES string of the molecule is COc1ccccc1OCC(C)CCCC(=O)O. The molecule has 1 rings (SSSR count). The molecule has 1 N–H and O–H groups in total. The van der Waals surface area contributed by atoms with Gasteiger partial charge in [0.2, 0.25) is 0 Å². The molecule has 0 aliphatic heterocycles. The van der Waals surface area contributed by atoms with E-state index in [9.17, 15) is 4.79 Å². The summed E-state index contributed by atoms with van der Waals surface area (Å²) in [6, 6.07) is 7.50. The van der Waals surface area contributed by atoms with Gasteiger partial charge in [0.15, 0.2) is 11.5 Å². The average molecular weight is 252 g/mol. The van der Waals surface area contributed by atoms with Crippen LogP contribution in [0.15, 0.2) is 24.3 Å². The Hall–Kier alpha value is -1.71. The number of methoxy groups -OCH3 is 1. The second kappa shape index (κ2) is 7.58. The first kappa shape index (κ1) is 14.4. The van der Waals surface area contributed by atoms with Gasteiger partial charge < -0.3 is 14.6 Å². The number of carboxylic acids is 1. The van der Waals surface area contributed by atoms with Crippen LogP contribution >= 0.6 is 0 Å². The van der Waals surface area contributed by atoms with E-state index in [1.54, 1.807) is 7.11 Å². The number of carbonyl (C=O) groups is 1. The monoisotopic (exact) mass is 252 g/mol. The summed E-state index contributed by atoms with van der Waals surface area (Å²) in [4.78, 5) is 10.4. The molecule has 0 saturated carbocycles. The van der Waals surface area contributed by atoms with E-state index in [1.807, 2.05) is 24.3 Å². The van der Waals surface area contributed by atoms with Crippen molar-refractivity contribution in [1.29, 1.82) is 0 Å². The zero-order valence-electron chi connectivity index (χ0n) is 10.9. The maximum atomic E-state index is 10.4. The van der Waals surface area contributed by atoms with Crippen LogP contribution in [0.2, 0.25) is 0 Å². The lowest BCUT2D eigenvalue weighted by Gasteiger charge is -2.14. The molecule has 1 aromatic rings. The van der Waals surface area contributed by atoms with Gasteiger partial charge in [0.25, 0.3) is 0 Å². The van der Waals surface area contributed by atoms with Gasteiger partial charge in [-0.25, -0.2) is 0 Å². The van der Waals surface area contributed by atoms with E-state index >= 15 is 0 Å². The van der Waals surface area contributed by atoms with Gasteiger partial charge in [0.05, 0.1) is 13.7 Å². The first-order chi connectivity index (χ1) is 8.63. The molecule has 0 fully saturated rings. The third-order valence-corrected chi connectivity index (χ3v) is 2.68. The highest BCUT2D eigenvalue weighted by molar-refractivity contribution is 5.66. The summed E-state index contributed by atoms with van der Waals surface area (Å²) in [7, 11) is 1.61. The number of para-hydroxylation sites is 2. The molecule has 0 saturated heterocycles. The summed E-state index contributed by atoms with van der Waals surface area (Å²) in [6.07, 6.45) is 1.76. The smallest absolute Gasteiger partial charge is 0.303 e. The fraction of sp³-hybridized carbons (Fsp3) is 0.500. The van der Waals surface area contributed by atoms with Crippen molar-refractivity contribution >= 4 is 5.97 Å². The van der Waals surface area contributed by atoms with Crippen molar-refractivity contribution in [3.8, 4) is 11.5 Å². The Morgan fingerprint density at radius 3 is 2.61 bits per heavy atom. The number of benzene rings is 1. The van der Waals surface area contributed by atoms with Crippen LogP contribution in [-0.2, 0) is 4.79 Å². The standard InChI is InChI=1S/C14H20O4/c1-11(6-5-9-14(15)16)10-18-13-8-4-3-7-12(13)17-2/h3-4,7-8,11H,5-6,9-10H2,1-2H3,(H,15,16). The second-order valence-electron chi connectivity index (χ2n) is 4.35. The topological polar surface area (TPSA) is 55.8 Å². The van der Waals surface area contributed by atoms with Gasteiger partial charge >= 0.3 is 5.97 Å². The van der Waals surface area contributed by atoms with Gasteiger partial charge in [0, 0.05) is 6.42 Å². The van der Waals surface area contributed by atoms with Crippen LogP contribution in [0.3, 0.4) is 0 Å². The van der Waals surface area contributed by atoms with Crippen molar-refractivity contribution < 1.29 is 19.4 Å². The maximum Gasteiger partial charge on any atom is 0.303 e. The lowest BCUT2D eigenvalue weighted by atomic mass is 10.1. The van der Waals surface area contributed by atoms with E-state index in [2.05, 4.69) is 6.92 Å². The Balaban J connectivity index is 2.33. The summed E-state index contributed by atoms with van der Waals surface area (Å²) in [5.74, 6) is 1.03. The molecule has 1 atom stereocenters. The van der Waals surface area contributed by atoms with Crippen LogP contribution in [-0.4, -0.2) is 24.8 Å². The average Bonchev–Trinajstić information content (AvgIpc) is 2.36. The molecule has 0 aliphatic rings. The van der Waals surface area contributed by atoms with Gasteiger partial charge in [-0.15, -0.1) is 0 Å². The van der Waals surface area contributed by atoms with Crippen LogP contribution in [0.5, 0.6) is 11.5 Å². The lowest BCUT2D eigenvalue weighted by Crippen LogP contribution is -2.09. The van der Waals surface area contributed by atoms with Crippen molar-refractivity contribution in [3.05, 3.63) is 24.3 Å². The third-order valence-electron chi connectivity index (χ3n) is 2.68. The molecule has 4 nitrogen and oxygen atoms in total. The quantitative estimate of drug-likeness (QED) is 0.772. The van der Waals surface area contributed by atoms with E-state index < -0.39 is 5.97 Å². The highest BCUT2D eigenvalue weighted by Gasteiger charge is 2.07. The number of carboxylic acid groups (broad SMARTS) is 1. The summed E-state index contributed by atoms with van der Waals surface area (Å²) in [5, 5.41) is 8.55. The Labute approximate surface area is 108 Å². The molecule has 0 bridgehead atoms. The predicted molar refractivity (Wildman–Crippen MR) is 69.1 cm³/mol. The summed E-state index contributed by atoms with van der Waals surface area (Å²) in [5.41, 5.74) is 0. The lowest BCUT2D eigenvalue weighted by molar-refractivity contribution is -0.137. The molecule has 1 aromatic carbocycles. The largest absolute Gasteiger partial charge is 0.493 e. The van der Waals surface area contributed by atoms with Crippen LogP contribution in [0.4, 0.5) is 0 Å². The summed E-state index contributed by atoms with van der Waals surface area (Å²) in [6.45, 7) is 2.62. The molecular formula is C14H20O4. The molecule has 4 heteroatoms. The highest BCUT2D eigenvalue weighted by Crippen LogP contribution is 2.26. The fourth-order valence-corrected chi connectivity index (χ4v) is 1.66. The molecule has 0 heterocycles. The van der Waals surface area contributed by atoms with Crippen molar-refractivity contribution in [3.63, 3.8) is 0 Å². The number of aliphatic carboxylic acids is 1. The molecule has 1 unspecified atom stereocenters. The zero-order valence-corrected chi connectivity index (χ0v) is 10.9. The minimum atomic E-state index is -0.743. The van der Waals surface area contributed by atoms with E-state index in [0.717, 1.165) is 17.9 Å². The molecule has 100 valence electrons. The number of hydrogen-bond acceptors (Lipinski definition) is 3. The Morgan fingerprint density at radius 1 is 1.33 bits per heavy atom. The van der Waals surface area contributed by atoms with Crippen LogP contribution in [0.25, 0.3) is 0 Å². The Kier molecular flexibility index (Phi) is 6.05. The summed E-state index contributed by atoms with van der Waals surface area (Å²) < 4.78 is 10.9. The Morgan fingerprint density at radius 2 is 2.00 bits per heavy atom. The number of ether oxygens (including phenoxy) is 2. The van der Waals surface area contributed by atoms with E-state index in [4.69, 9.17) is 14.6 Å². The van der Waals surface area contributed by atoms with E-state index in [1.165, 1.54) is 0 Å². The van der Waals surface area contributed by atoms with Gasteiger partial charge in [-0.1, -0.05) is 19.1 Å². The summed E-state index contributed by atoms with van der Waals surface area (Å²) >= 11 is 0. The van der Waals surface area contributed by atoms with Crippen LogP contribution < -0.4 is 9.47 Å². The first-order valence-corrected chi connectivity index (χ1v) is 6.11. The zero-order chi connectivity index (χ0) is 13.4. The number of rotatable bonds is 8. The van der Waals surface area contributed by atoms with Gasteiger partial charge in [0.1, 0.15) is 0 Å². The fourth-order valence-electron chi connectivity index (χ4n) is 1.66. The van der Waals surface area contributed by atoms with Crippen LogP contribution in [0.1, 0.15) is 26.2 Å². The maximum absolute atomic E-state index is 10.4. The normalized spacial score (nSPS) is 11.9. The van der Waals surface area contributed by atoms with Crippen molar-refractivity contribution in [2.75, 3.05) is 13.7 Å². The van der Waals surface area contributed by atoms with Gasteiger partial charge in [-0.2, -0.15) is 0 Å². The molecular weight excluding hydrogens is 232 g/mol. The molecule has 0 radical (unpaired) electrons. The van der Waals surface area contributed by atoms with Crippen molar-refractivity contribution in [2.45, 2.75) is 26.2 Å². The molecule has 0 aromatic heterocycles. The minimum absolute atomic E-state index is 0.221. The molecule has 0 aliphatic carbocycles. The molecule has 0 amide bonds. The number of hydrogen-bond donors (Lipinski definition) is 1. The van der Waals surface area contributed by atoms with Gasteiger partial charge in [-0.3, -0.25) is 4.79 Å². The van der Waals surface area contributed by atoms with Gasteiger partial charge in [-0.05, 0) is 30.9 Å². The van der Waals surface area contributed by atoms with Crippen LogP contribution in [0, 0.1) is 5.92 Å². The van der Waals surface area contributed by atoms with Crippen molar-refractivity contribution in [2.24, 2.45) is 5.92 Å². The van der Waals surface area contributed by atoms with Crippen molar-refractivity contribution in [1.82, 2.24) is 0 Å². The van der Waals surface area contributed by atoms with E-state index in [-0.39, 0.29) is 6.42 Å².